The van der Waals surface area contributed by atoms with Crippen LogP contribution in [0.3, 0.4) is 0 Å². The fraction of sp³-hybridized carbons (Fsp3) is 0.636. The van der Waals surface area contributed by atoms with E-state index in [9.17, 15) is 4.79 Å². The van der Waals surface area contributed by atoms with E-state index in [1.807, 2.05) is 30.9 Å². The third-order valence-corrected chi connectivity index (χ3v) is 6.40. The molecule has 1 amide bonds. The average Bonchev–Trinajstić information content (AvgIpc) is 3.34. The largest absolute Gasteiger partial charge is 0.467 e. The molecule has 1 fully saturated rings. The number of nitrogens with zero attached hydrogens (tertiary/aromatic N) is 3. The lowest BCUT2D eigenvalue weighted by Crippen LogP contribution is -2.38. The maximum Gasteiger partial charge on any atom is 0.274 e. The number of carbonyl (C=O) groups is 1. The fourth-order valence-electron chi connectivity index (χ4n) is 4.75. The standard InChI is InChI=1S/C22H32N4O2/c1-25(15-18-9-6-12-28-18)22(27)21-19-13-17(10-11-20(19)26(2)24-21)23-14-16-7-4-3-5-8-16/h6,9,12,16-17,23H,3-5,7-8,10-11,13-15H2,1-2H3. The smallest absolute Gasteiger partial charge is 0.274 e. The molecule has 1 unspecified atom stereocenters. The predicted octanol–water partition coefficient (Wildman–Crippen LogP) is 3.31. The van der Waals surface area contributed by atoms with Gasteiger partial charge in [-0.15, -0.1) is 0 Å². The topological polar surface area (TPSA) is 63.3 Å². The molecule has 2 aliphatic carbocycles. The Hall–Kier alpha value is -2.08. The van der Waals surface area contributed by atoms with E-state index in [-0.39, 0.29) is 5.91 Å². The molecule has 0 saturated heterocycles. The van der Waals surface area contributed by atoms with Crippen LogP contribution < -0.4 is 5.32 Å². The first-order valence-electron chi connectivity index (χ1n) is 10.7. The molecular weight excluding hydrogens is 352 g/mol. The Morgan fingerprint density at radius 3 is 2.89 bits per heavy atom. The van der Waals surface area contributed by atoms with Crippen molar-refractivity contribution < 1.29 is 9.21 Å². The van der Waals surface area contributed by atoms with Crippen molar-refractivity contribution in [3.8, 4) is 0 Å². The van der Waals surface area contributed by atoms with Crippen molar-refractivity contribution in [3.05, 3.63) is 41.1 Å². The summed E-state index contributed by atoms with van der Waals surface area (Å²) < 4.78 is 7.29. The van der Waals surface area contributed by atoms with E-state index in [0.29, 0.717) is 18.3 Å². The normalized spacial score (nSPS) is 20.1. The molecule has 0 aromatic carbocycles. The number of hydrogen-bond donors (Lipinski definition) is 1. The summed E-state index contributed by atoms with van der Waals surface area (Å²) in [5, 5.41) is 8.39. The van der Waals surface area contributed by atoms with Crippen molar-refractivity contribution in [1.29, 1.82) is 0 Å². The molecule has 6 nitrogen and oxygen atoms in total. The lowest BCUT2D eigenvalue weighted by atomic mass is 9.87. The van der Waals surface area contributed by atoms with Crippen LogP contribution in [-0.4, -0.2) is 40.2 Å². The molecular formula is C22H32N4O2. The van der Waals surface area contributed by atoms with Crippen LogP contribution in [0.5, 0.6) is 0 Å². The number of furan rings is 1. The van der Waals surface area contributed by atoms with Crippen LogP contribution in [0.4, 0.5) is 0 Å². The first-order chi connectivity index (χ1) is 13.6. The highest BCUT2D eigenvalue weighted by molar-refractivity contribution is 5.94. The summed E-state index contributed by atoms with van der Waals surface area (Å²) in [6.45, 7) is 1.57. The minimum Gasteiger partial charge on any atom is -0.467 e. The Labute approximate surface area is 167 Å². The van der Waals surface area contributed by atoms with E-state index in [2.05, 4.69) is 10.4 Å². The monoisotopic (exact) mass is 384 g/mol. The van der Waals surface area contributed by atoms with Gasteiger partial charge in [-0.1, -0.05) is 19.3 Å². The van der Waals surface area contributed by atoms with Gasteiger partial charge >= 0.3 is 0 Å². The van der Waals surface area contributed by atoms with Gasteiger partial charge in [0, 0.05) is 31.4 Å². The van der Waals surface area contributed by atoms with Gasteiger partial charge in [0.05, 0.1) is 12.8 Å². The van der Waals surface area contributed by atoms with Crippen LogP contribution in [0, 0.1) is 5.92 Å². The Morgan fingerprint density at radius 1 is 1.32 bits per heavy atom. The van der Waals surface area contributed by atoms with Crippen molar-refractivity contribution in [3.63, 3.8) is 0 Å². The highest BCUT2D eigenvalue weighted by atomic mass is 16.3. The molecule has 0 bridgehead atoms. The number of aryl methyl sites for hydroxylation is 1. The highest BCUT2D eigenvalue weighted by Gasteiger charge is 2.30. The number of hydrogen-bond acceptors (Lipinski definition) is 4. The summed E-state index contributed by atoms with van der Waals surface area (Å²) in [5.74, 6) is 1.58. The molecule has 2 aromatic heterocycles. The molecule has 0 spiro atoms. The lowest BCUT2D eigenvalue weighted by molar-refractivity contribution is 0.0767. The third-order valence-electron chi connectivity index (χ3n) is 6.40. The molecule has 28 heavy (non-hydrogen) atoms. The molecule has 1 N–H and O–H groups in total. The second kappa shape index (κ2) is 8.52. The summed E-state index contributed by atoms with van der Waals surface area (Å²) in [4.78, 5) is 14.8. The Morgan fingerprint density at radius 2 is 2.14 bits per heavy atom. The second-order valence-electron chi connectivity index (χ2n) is 8.49. The van der Waals surface area contributed by atoms with Gasteiger partial charge in [-0.3, -0.25) is 9.48 Å². The molecule has 1 saturated carbocycles. The van der Waals surface area contributed by atoms with Gasteiger partial charge in [0.15, 0.2) is 5.69 Å². The Balaban J connectivity index is 1.42. The minimum absolute atomic E-state index is 0.0267. The molecule has 4 rings (SSSR count). The minimum atomic E-state index is -0.0267. The summed E-state index contributed by atoms with van der Waals surface area (Å²) in [6, 6.07) is 4.18. The van der Waals surface area contributed by atoms with Crippen LogP contribution in [0.25, 0.3) is 0 Å². The number of aromatic nitrogens is 2. The molecule has 1 atom stereocenters. The summed E-state index contributed by atoms with van der Waals surface area (Å²) in [7, 11) is 3.77. The van der Waals surface area contributed by atoms with Crippen molar-refractivity contribution in [2.24, 2.45) is 13.0 Å². The first-order valence-corrected chi connectivity index (χ1v) is 10.7. The van der Waals surface area contributed by atoms with Crippen LogP contribution >= 0.6 is 0 Å². The van der Waals surface area contributed by atoms with E-state index in [0.717, 1.165) is 43.0 Å². The number of fused-ring (bicyclic) bond motifs is 1. The van der Waals surface area contributed by atoms with Crippen LogP contribution in [0.1, 0.15) is 66.0 Å². The Bertz CT molecular complexity index is 790. The quantitative estimate of drug-likeness (QED) is 0.830. The Kier molecular flexibility index (Phi) is 5.85. The average molecular weight is 385 g/mol. The predicted molar refractivity (Wildman–Crippen MR) is 108 cm³/mol. The summed E-state index contributed by atoms with van der Waals surface area (Å²) in [5.41, 5.74) is 2.95. The third kappa shape index (κ3) is 4.17. The maximum absolute atomic E-state index is 13.1. The maximum atomic E-state index is 13.1. The van der Waals surface area contributed by atoms with E-state index < -0.39 is 0 Å². The zero-order valence-electron chi connectivity index (χ0n) is 17.1. The second-order valence-corrected chi connectivity index (χ2v) is 8.49. The zero-order valence-corrected chi connectivity index (χ0v) is 17.1. The highest BCUT2D eigenvalue weighted by Crippen LogP contribution is 2.27. The van der Waals surface area contributed by atoms with E-state index in [4.69, 9.17) is 4.42 Å². The van der Waals surface area contributed by atoms with Crippen LogP contribution in [0.2, 0.25) is 0 Å². The van der Waals surface area contributed by atoms with Gasteiger partial charge in [0.25, 0.3) is 5.91 Å². The van der Waals surface area contributed by atoms with E-state index >= 15 is 0 Å². The molecule has 2 heterocycles. The van der Waals surface area contributed by atoms with E-state index in [1.165, 1.54) is 37.8 Å². The summed E-state index contributed by atoms with van der Waals surface area (Å²) >= 11 is 0. The molecule has 6 heteroatoms. The lowest BCUT2D eigenvalue weighted by Gasteiger charge is -2.28. The van der Waals surface area contributed by atoms with Gasteiger partial charge in [0.1, 0.15) is 5.76 Å². The fourth-order valence-corrected chi connectivity index (χ4v) is 4.75. The van der Waals surface area contributed by atoms with Gasteiger partial charge in [-0.25, -0.2) is 0 Å². The SMILES string of the molecule is CN(Cc1ccco1)C(=O)c1nn(C)c2c1CC(NCC1CCCCC1)CC2. The van der Waals surface area contributed by atoms with Crippen molar-refractivity contribution in [2.45, 2.75) is 64.0 Å². The molecule has 2 aliphatic rings. The first kappa shape index (κ1) is 19.2. The van der Waals surface area contributed by atoms with Crippen molar-refractivity contribution in [2.75, 3.05) is 13.6 Å². The van der Waals surface area contributed by atoms with Crippen molar-refractivity contribution in [1.82, 2.24) is 20.0 Å². The summed E-state index contributed by atoms with van der Waals surface area (Å²) in [6.07, 6.45) is 11.5. The number of rotatable bonds is 6. The van der Waals surface area contributed by atoms with Gasteiger partial charge in [0.2, 0.25) is 0 Å². The van der Waals surface area contributed by atoms with Crippen LogP contribution in [0.15, 0.2) is 22.8 Å². The van der Waals surface area contributed by atoms with Gasteiger partial charge in [-0.2, -0.15) is 5.10 Å². The van der Waals surface area contributed by atoms with Crippen LogP contribution in [-0.2, 0) is 26.4 Å². The molecule has 2 aromatic rings. The van der Waals surface area contributed by atoms with E-state index in [1.54, 1.807) is 11.2 Å². The molecule has 0 aliphatic heterocycles. The molecule has 0 radical (unpaired) electrons. The van der Waals surface area contributed by atoms with Gasteiger partial charge < -0.3 is 14.6 Å². The molecule has 152 valence electrons. The number of carbonyl (C=O) groups excluding carboxylic acids is 1. The van der Waals surface area contributed by atoms with Crippen molar-refractivity contribution >= 4 is 5.91 Å². The number of amides is 1. The zero-order chi connectivity index (χ0) is 19.5. The number of nitrogens with one attached hydrogen (secondary N) is 1. The van der Waals surface area contributed by atoms with Gasteiger partial charge in [-0.05, 0) is 56.7 Å².